The molecule has 0 amide bonds. The molecule has 2 aromatic carbocycles. The third-order valence-corrected chi connectivity index (χ3v) is 5.02. The first-order valence-electron chi connectivity index (χ1n) is 9.14. The van der Waals surface area contributed by atoms with Gasteiger partial charge in [0.1, 0.15) is 0 Å². The fourth-order valence-corrected chi connectivity index (χ4v) is 3.81. The molecule has 0 fully saturated rings. The molecule has 3 heterocycles. The summed E-state index contributed by atoms with van der Waals surface area (Å²) < 4.78 is 7.54. The molecule has 0 saturated heterocycles. The van der Waals surface area contributed by atoms with Crippen LogP contribution in [0.4, 0.5) is 0 Å². The Morgan fingerprint density at radius 1 is 0.889 bits per heavy atom. The highest BCUT2D eigenvalue weighted by atomic mass is 16.4. The number of H-pyrrole nitrogens is 2. The van der Waals surface area contributed by atoms with E-state index in [0.29, 0.717) is 12.3 Å². The third kappa shape index (κ3) is 2.35. The Labute approximate surface area is 155 Å². The van der Waals surface area contributed by atoms with E-state index in [0.717, 1.165) is 45.0 Å². The van der Waals surface area contributed by atoms with Gasteiger partial charge in [-0.15, -0.1) is 0 Å². The molecule has 27 heavy (non-hydrogen) atoms. The van der Waals surface area contributed by atoms with E-state index in [-0.39, 0.29) is 5.76 Å². The Morgan fingerprint density at radius 2 is 1.48 bits per heavy atom. The van der Waals surface area contributed by atoms with E-state index in [1.54, 1.807) is 4.57 Å². The molecule has 5 heteroatoms. The van der Waals surface area contributed by atoms with Crippen molar-refractivity contribution >= 4 is 21.8 Å². The molecule has 134 valence electrons. The normalized spacial score (nSPS) is 11.6. The molecule has 5 nitrogen and oxygen atoms in total. The minimum absolute atomic E-state index is 0.322. The largest absolute Gasteiger partial charge is 0.419 e. The Balaban J connectivity index is 1.85. The molecule has 0 atom stereocenters. The number of hydrogen-bond donors (Lipinski definition) is 2. The molecule has 2 N–H and O–H groups in total. The summed E-state index contributed by atoms with van der Waals surface area (Å²) in [5.74, 6) is 0.285. The predicted molar refractivity (Wildman–Crippen MR) is 108 cm³/mol. The number of rotatable bonds is 4. The summed E-state index contributed by atoms with van der Waals surface area (Å²) in [5.41, 5.74) is 4.75. The van der Waals surface area contributed by atoms with Crippen molar-refractivity contribution in [3.8, 4) is 22.6 Å². The van der Waals surface area contributed by atoms with Gasteiger partial charge in [-0.2, -0.15) is 0 Å². The van der Waals surface area contributed by atoms with E-state index in [2.05, 4.69) is 23.0 Å². The van der Waals surface area contributed by atoms with Crippen LogP contribution in [-0.2, 0) is 6.54 Å². The van der Waals surface area contributed by atoms with E-state index in [1.165, 1.54) is 0 Å². The zero-order valence-corrected chi connectivity index (χ0v) is 15.0. The fraction of sp³-hybridized carbons (Fsp3) is 0.136. The number of fused-ring (bicyclic) bond motifs is 2. The molecule has 3 aromatic heterocycles. The minimum Gasteiger partial charge on any atom is -0.407 e. The van der Waals surface area contributed by atoms with Gasteiger partial charge in [0.05, 0.1) is 5.69 Å². The Morgan fingerprint density at radius 3 is 2.15 bits per heavy atom. The van der Waals surface area contributed by atoms with Gasteiger partial charge in [-0.3, -0.25) is 4.57 Å². The lowest BCUT2D eigenvalue weighted by Gasteiger charge is -2.06. The van der Waals surface area contributed by atoms with E-state index >= 15 is 0 Å². The van der Waals surface area contributed by atoms with Crippen LogP contribution in [0.15, 0.2) is 70.1 Å². The molecule has 0 bridgehead atoms. The second-order valence-corrected chi connectivity index (χ2v) is 6.69. The first kappa shape index (κ1) is 15.8. The zero-order valence-electron chi connectivity index (χ0n) is 15.0. The average Bonchev–Trinajstić information content (AvgIpc) is 3.38. The van der Waals surface area contributed by atoms with Gasteiger partial charge >= 0.3 is 5.76 Å². The van der Waals surface area contributed by atoms with Crippen molar-refractivity contribution in [3.63, 3.8) is 0 Å². The van der Waals surface area contributed by atoms with Gasteiger partial charge in [-0.25, -0.2) is 4.79 Å². The topological polar surface area (TPSA) is 66.7 Å². The van der Waals surface area contributed by atoms with Gasteiger partial charge in [0.15, 0.2) is 5.76 Å². The van der Waals surface area contributed by atoms with E-state index in [4.69, 9.17) is 4.42 Å². The summed E-state index contributed by atoms with van der Waals surface area (Å²) in [5, 5.41) is 2.11. The van der Waals surface area contributed by atoms with Crippen LogP contribution in [0.5, 0.6) is 0 Å². The first-order valence-corrected chi connectivity index (χ1v) is 9.14. The number of benzene rings is 2. The Bertz CT molecular complexity index is 1320. The van der Waals surface area contributed by atoms with Crippen LogP contribution in [0.25, 0.3) is 44.4 Å². The minimum atomic E-state index is -0.322. The van der Waals surface area contributed by atoms with Gasteiger partial charge in [-0.05, 0) is 18.6 Å². The lowest BCUT2D eigenvalue weighted by molar-refractivity contribution is 0.485. The van der Waals surface area contributed by atoms with Crippen LogP contribution < -0.4 is 5.76 Å². The molecule has 5 rings (SSSR count). The number of aromatic amines is 2. The molecule has 0 aliphatic heterocycles. The highest BCUT2D eigenvalue weighted by Gasteiger charge is 2.23. The number of para-hydroxylation sites is 2. The molecular weight excluding hydrogens is 338 g/mol. The van der Waals surface area contributed by atoms with Crippen molar-refractivity contribution in [2.75, 3.05) is 0 Å². The predicted octanol–water partition coefficient (Wildman–Crippen LogP) is 5.15. The van der Waals surface area contributed by atoms with Gasteiger partial charge in [0.25, 0.3) is 0 Å². The van der Waals surface area contributed by atoms with Crippen LogP contribution in [0.3, 0.4) is 0 Å². The molecule has 0 aliphatic carbocycles. The highest BCUT2D eigenvalue weighted by Crippen LogP contribution is 2.38. The molecular formula is C22H19N3O2. The molecule has 0 radical (unpaired) electrons. The lowest BCUT2D eigenvalue weighted by Crippen LogP contribution is -2.14. The highest BCUT2D eigenvalue weighted by molar-refractivity contribution is 6.02. The molecule has 0 aliphatic rings. The van der Waals surface area contributed by atoms with Crippen molar-refractivity contribution < 1.29 is 4.42 Å². The van der Waals surface area contributed by atoms with Gasteiger partial charge < -0.3 is 14.4 Å². The van der Waals surface area contributed by atoms with Crippen LogP contribution in [0.2, 0.25) is 0 Å². The van der Waals surface area contributed by atoms with E-state index in [9.17, 15) is 4.79 Å². The maximum absolute atomic E-state index is 12.7. The molecule has 0 saturated carbocycles. The van der Waals surface area contributed by atoms with Crippen molar-refractivity contribution in [2.45, 2.75) is 19.9 Å². The smallest absolute Gasteiger partial charge is 0.407 e. The van der Waals surface area contributed by atoms with Gasteiger partial charge in [0, 0.05) is 51.9 Å². The second kappa shape index (κ2) is 6.06. The van der Waals surface area contributed by atoms with Crippen molar-refractivity contribution in [2.24, 2.45) is 0 Å². The summed E-state index contributed by atoms with van der Waals surface area (Å²) in [6.45, 7) is 2.67. The maximum Gasteiger partial charge on any atom is 0.419 e. The molecule has 5 aromatic rings. The Kier molecular flexibility index (Phi) is 3.53. The van der Waals surface area contributed by atoms with Crippen LogP contribution in [0.1, 0.15) is 13.3 Å². The molecule has 0 unspecified atom stereocenters. The van der Waals surface area contributed by atoms with Crippen molar-refractivity contribution in [1.29, 1.82) is 0 Å². The summed E-state index contributed by atoms with van der Waals surface area (Å²) >= 11 is 0. The standard InChI is InChI=1S/C22H19N3O2/c1-2-11-25-20(16-12-23-18-9-5-3-7-14(16)18)21(27-22(25)26)17-13-24-19-10-6-4-8-15(17)19/h3-10,12-13,23-24H,2,11H2,1H3. The number of hydrogen-bond acceptors (Lipinski definition) is 2. The number of oxazole rings is 1. The van der Waals surface area contributed by atoms with Crippen LogP contribution in [-0.4, -0.2) is 14.5 Å². The van der Waals surface area contributed by atoms with Crippen molar-refractivity contribution in [1.82, 2.24) is 14.5 Å². The second-order valence-electron chi connectivity index (χ2n) is 6.69. The average molecular weight is 357 g/mol. The summed E-state index contributed by atoms with van der Waals surface area (Å²) in [6.07, 6.45) is 4.72. The monoisotopic (exact) mass is 357 g/mol. The van der Waals surface area contributed by atoms with E-state index in [1.807, 2.05) is 54.9 Å². The molecule has 0 spiro atoms. The summed E-state index contributed by atoms with van der Waals surface area (Å²) in [7, 11) is 0. The fourth-order valence-electron chi connectivity index (χ4n) is 3.81. The quantitative estimate of drug-likeness (QED) is 0.467. The lowest BCUT2D eigenvalue weighted by atomic mass is 10.0. The van der Waals surface area contributed by atoms with Crippen LogP contribution in [0, 0.1) is 0 Å². The van der Waals surface area contributed by atoms with Gasteiger partial charge in [0.2, 0.25) is 0 Å². The first-order chi connectivity index (χ1) is 13.3. The Hall–Kier alpha value is -3.47. The number of aromatic nitrogens is 3. The summed E-state index contributed by atoms with van der Waals surface area (Å²) in [6, 6.07) is 16.1. The maximum atomic E-state index is 12.7. The summed E-state index contributed by atoms with van der Waals surface area (Å²) in [4.78, 5) is 19.3. The van der Waals surface area contributed by atoms with E-state index < -0.39 is 0 Å². The number of nitrogens with zero attached hydrogens (tertiary/aromatic N) is 1. The third-order valence-electron chi connectivity index (χ3n) is 5.02. The SMILES string of the molecule is CCCn1c(-c2c[nH]c3ccccc23)c(-c2c[nH]c3ccccc23)oc1=O. The number of nitrogens with one attached hydrogen (secondary N) is 2. The van der Waals surface area contributed by atoms with Crippen molar-refractivity contribution in [3.05, 3.63) is 71.5 Å². The van der Waals surface area contributed by atoms with Crippen LogP contribution >= 0.6 is 0 Å². The zero-order chi connectivity index (χ0) is 18.4. The van der Waals surface area contributed by atoms with Gasteiger partial charge in [-0.1, -0.05) is 43.3 Å².